The number of carbonyl (C=O) groups excluding carboxylic acids is 1. The number of aryl methyl sites for hydroxylation is 1. The second kappa shape index (κ2) is 14.6. The number of allylic oxidation sites excluding steroid dienone is 2. The van der Waals surface area contributed by atoms with Crippen LogP contribution in [0.25, 0.3) is 6.08 Å². The lowest BCUT2D eigenvalue weighted by molar-refractivity contribution is -0.888. The van der Waals surface area contributed by atoms with Crippen LogP contribution in [0.4, 0.5) is 0 Å². The molecule has 0 saturated heterocycles. The Morgan fingerprint density at radius 2 is 1.98 bits per heavy atom. The van der Waals surface area contributed by atoms with Gasteiger partial charge in [0.2, 0.25) is 0 Å². The van der Waals surface area contributed by atoms with Crippen LogP contribution in [-0.2, 0) is 17.6 Å². The van der Waals surface area contributed by atoms with Gasteiger partial charge in [0.05, 0.1) is 17.1 Å². The van der Waals surface area contributed by atoms with Crippen LogP contribution in [0.1, 0.15) is 98.4 Å². The molecule has 2 bridgehead atoms. The van der Waals surface area contributed by atoms with Crippen molar-refractivity contribution in [2.24, 2.45) is 33.9 Å². The Bertz CT molecular complexity index is 2190. The minimum atomic E-state index is -1.04. The van der Waals surface area contributed by atoms with Crippen molar-refractivity contribution in [2.45, 2.75) is 95.7 Å². The predicted molar refractivity (Wildman–Crippen MR) is 210 cm³/mol. The Morgan fingerprint density at radius 1 is 1.13 bits per heavy atom. The van der Waals surface area contributed by atoms with Crippen LogP contribution < -0.4 is 25.4 Å². The molecule has 0 amide bonds. The van der Waals surface area contributed by atoms with Crippen LogP contribution in [0.5, 0.6) is 11.5 Å². The average Bonchev–Trinajstić information content (AvgIpc) is 3.93. The van der Waals surface area contributed by atoms with Gasteiger partial charge in [0.1, 0.15) is 48.5 Å². The lowest BCUT2D eigenvalue weighted by Gasteiger charge is -2.36. The van der Waals surface area contributed by atoms with E-state index in [9.17, 15) is 15.0 Å². The molecule has 2 aliphatic carbocycles. The van der Waals surface area contributed by atoms with Crippen LogP contribution >= 0.6 is 0 Å². The molecule has 5 heterocycles. The second-order valence-corrected chi connectivity index (χ2v) is 16.4. The van der Waals surface area contributed by atoms with Gasteiger partial charge in [-0.05, 0) is 95.8 Å². The fourth-order valence-corrected chi connectivity index (χ4v) is 9.59. The van der Waals surface area contributed by atoms with E-state index in [1.807, 2.05) is 48.8 Å². The summed E-state index contributed by atoms with van der Waals surface area (Å²) in [5, 5.41) is 25.9. The number of aliphatic imine (C=N–C) groups is 1. The first-order valence-electron chi connectivity index (χ1n) is 20.0. The Kier molecular flexibility index (Phi) is 9.52. The molecule has 5 aliphatic heterocycles. The summed E-state index contributed by atoms with van der Waals surface area (Å²) in [6.45, 7) is 2.80. The average molecular weight is 738 g/mol. The SMILES string of the molecule is C[C@H]1C=C[C@H]([C@@H](O)CC(=O)CCc2ccc3c(c2)O[C@H]2[C@H](C#C[C@H](O)c4ccc5c(c4CC4=CN=C6C[NH+]2C=C46)C=CN[C@@H]5N)C2(C#CO3)CCCC2)CC1. The quantitative estimate of drug-likeness (QED) is 0.214. The standard InChI is InChI=1S/C46H48N4O5/c1-28-4-8-30(9-5-28)41(53)24-32(51)10-6-29-7-15-42-43(22-29)55-45-38(46(19-21-54-42)17-2-3-18-46)13-14-40(52)34-11-12-35-33(16-20-48-44(35)47)36(34)23-31-25-49-39-27-50(45)26-37(31)39/h4,7-8,11-12,15-16,20,22,25-26,28,30,38,40-41,44-45,48,52-53H,2-3,5-6,9-10,17-18,23-24,27,47H2,1H3/p+1/t28-,30-,38-,40-,41-,44-,45-/m0/s1. The molecular weight excluding hydrogens is 689 g/mol. The molecule has 1 unspecified atom stereocenters. The third kappa shape index (κ3) is 6.85. The lowest BCUT2D eigenvalue weighted by Crippen LogP contribution is -3.13. The molecule has 1 spiro atoms. The van der Waals surface area contributed by atoms with Crippen LogP contribution in [0.15, 0.2) is 77.2 Å². The monoisotopic (exact) mass is 737 g/mol. The number of Topliss-reactive ketones (excluding diaryl/α,β-unsaturated/α-hetero) is 1. The number of hydrogen-bond donors (Lipinski definition) is 5. The molecule has 2 aromatic rings. The van der Waals surface area contributed by atoms with Crippen molar-refractivity contribution in [2.75, 3.05) is 6.54 Å². The van der Waals surface area contributed by atoms with Crippen LogP contribution in [0.2, 0.25) is 0 Å². The number of nitrogens with two attached hydrogens (primary N) is 1. The van der Waals surface area contributed by atoms with Crippen molar-refractivity contribution >= 4 is 17.6 Å². The maximum Gasteiger partial charge on any atom is 0.252 e. The summed E-state index contributed by atoms with van der Waals surface area (Å²) >= 11 is 0. The summed E-state index contributed by atoms with van der Waals surface area (Å²) in [5.41, 5.74) is 13.9. The van der Waals surface area contributed by atoms with Gasteiger partial charge in [0.25, 0.3) is 6.23 Å². The summed E-state index contributed by atoms with van der Waals surface area (Å²) in [4.78, 5) is 19.1. The molecule has 1 saturated carbocycles. The lowest BCUT2D eigenvalue weighted by atomic mass is 9.73. The Labute approximate surface area is 323 Å². The molecule has 282 valence electrons. The van der Waals surface area contributed by atoms with E-state index in [-0.39, 0.29) is 30.2 Å². The number of aliphatic hydroxyl groups excluding tert-OH is 2. The van der Waals surface area contributed by atoms with Gasteiger partial charge in [-0.15, -0.1) is 0 Å². The van der Waals surface area contributed by atoms with Crippen molar-refractivity contribution in [1.29, 1.82) is 0 Å². The molecule has 9 nitrogen and oxygen atoms in total. The van der Waals surface area contributed by atoms with Gasteiger partial charge in [0.15, 0.2) is 11.5 Å². The zero-order chi connectivity index (χ0) is 37.7. The first-order valence-corrected chi connectivity index (χ1v) is 20.0. The third-order valence-corrected chi connectivity index (χ3v) is 12.8. The molecule has 2 aromatic carbocycles. The van der Waals surface area contributed by atoms with E-state index in [1.165, 1.54) is 0 Å². The van der Waals surface area contributed by atoms with Gasteiger partial charge < -0.3 is 30.7 Å². The topological polar surface area (TPSA) is 131 Å². The first kappa shape index (κ1) is 35.8. The molecule has 1 fully saturated rings. The largest absolute Gasteiger partial charge is 0.437 e. The van der Waals surface area contributed by atoms with E-state index < -0.39 is 23.9 Å². The minimum absolute atomic E-state index is 0.0345. The van der Waals surface area contributed by atoms with Gasteiger partial charge in [-0.1, -0.05) is 67.9 Å². The highest BCUT2D eigenvalue weighted by atomic mass is 16.5. The van der Waals surface area contributed by atoms with Gasteiger partial charge in [-0.3, -0.25) is 14.7 Å². The number of nitrogens with zero attached hydrogens (tertiary/aromatic N) is 1. The van der Waals surface area contributed by atoms with E-state index in [0.29, 0.717) is 43.2 Å². The number of ether oxygens (including phenoxy) is 2. The summed E-state index contributed by atoms with van der Waals surface area (Å²) in [6, 6.07) is 9.76. The fraction of sp³-hybridized carbons (Fsp3) is 0.435. The number of fused-ring (bicyclic) bond motifs is 8. The van der Waals surface area contributed by atoms with Gasteiger partial charge in [0, 0.05) is 31.4 Å². The number of rotatable bonds is 6. The summed E-state index contributed by atoms with van der Waals surface area (Å²) in [6.07, 6.45) is 20.1. The number of quaternary nitrogens is 1. The second-order valence-electron chi connectivity index (χ2n) is 16.4. The van der Waals surface area contributed by atoms with Gasteiger partial charge in [-0.2, -0.15) is 0 Å². The normalized spacial score (nSPS) is 29.7. The number of benzene rings is 2. The smallest absolute Gasteiger partial charge is 0.252 e. The molecule has 8 atom stereocenters. The molecule has 55 heavy (non-hydrogen) atoms. The predicted octanol–water partition coefficient (Wildman–Crippen LogP) is 4.72. The molecular formula is C46H49N4O5+. The molecule has 9 heteroatoms. The minimum Gasteiger partial charge on any atom is -0.437 e. The highest BCUT2D eigenvalue weighted by molar-refractivity contribution is 6.08. The zero-order valence-corrected chi connectivity index (χ0v) is 31.3. The Balaban J connectivity index is 1.06. The van der Waals surface area contributed by atoms with Crippen LogP contribution in [0, 0.1) is 47.0 Å². The van der Waals surface area contributed by atoms with Crippen molar-refractivity contribution in [3.05, 3.63) is 100 Å². The number of ketones is 1. The number of carbonyl (C=O) groups is 1. The fourth-order valence-electron chi connectivity index (χ4n) is 9.59. The van der Waals surface area contributed by atoms with E-state index in [4.69, 9.17) is 20.2 Å². The highest BCUT2D eigenvalue weighted by Crippen LogP contribution is 2.47. The molecule has 9 rings (SSSR count). The maximum absolute atomic E-state index is 13.1. The Hall–Kier alpha value is -4.90. The van der Waals surface area contributed by atoms with E-state index in [1.54, 1.807) is 0 Å². The zero-order valence-electron chi connectivity index (χ0n) is 31.3. The molecule has 0 aromatic heterocycles. The van der Waals surface area contributed by atoms with E-state index >= 15 is 0 Å². The molecule has 0 radical (unpaired) electrons. The van der Waals surface area contributed by atoms with Crippen molar-refractivity contribution < 1.29 is 29.4 Å². The third-order valence-electron chi connectivity index (χ3n) is 12.8. The first-order chi connectivity index (χ1) is 26.7. The summed E-state index contributed by atoms with van der Waals surface area (Å²) < 4.78 is 13.3. The Morgan fingerprint density at radius 3 is 2.82 bits per heavy atom. The van der Waals surface area contributed by atoms with E-state index in [0.717, 1.165) is 88.1 Å². The summed E-state index contributed by atoms with van der Waals surface area (Å²) in [7, 11) is 0. The summed E-state index contributed by atoms with van der Waals surface area (Å²) in [5.74, 6) is 11.7. The number of hydrogen-bond acceptors (Lipinski definition) is 8. The van der Waals surface area contributed by atoms with Crippen LogP contribution in [-0.4, -0.2) is 40.6 Å². The maximum atomic E-state index is 13.1. The van der Waals surface area contributed by atoms with Gasteiger partial charge >= 0.3 is 0 Å². The highest BCUT2D eigenvalue weighted by Gasteiger charge is 2.51. The van der Waals surface area contributed by atoms with Crippen LogP contribution in [0.3, 0.4) is 0 Å². The molecule has 6 N–H and O–H groups in total. The molecule has 7 aliphatic rings. The van der Waals surface area contributed by atoms with Crippen molar-refractivity contribution in [3.63, 3.8) is 0 Å². The number of nitrogens with one attached hydrogen (secondary N) is 2. The van der Waals surface area contributed by atoms with Gasteiger partial charge in [-0.25, -0.2) is 0 Å². The van der Waals surface area contributed by atoms with Crippen molar-refractivity contribution in [3.8, 4) is 35.4 Å². The van der Waals surface area contributed by atoms with E-state index in [2.05, 4.69) is 54.5 Å². The van der Waals surface area contributed by atoms with Crippen molar-refractivity contribution in [1.82, 2.24) is 5.32 Å². The number of aliphatic hydroxyl groups is 2.